The van der Waals surface area contributed by atoms with E-state index in [9.17, 15) is 4.79 Å². The maximum absolute atomic E-state index is 10.7. The molecule has 1 aromatic rings. The number of benzene rings is 1. The third-order valence-corrected chi connectivity index (χ3v) is 2.79. The van der Waals surface area contributed by atoms with Crippen molar-refractivity contribution >= 4 is 6.16 Å². The number of fused-ring (bicyclic) bond motifs is 2. The second-order valence-electron chi connectivity index (χ2n) is 3.59. The fraction of sp³-hybridized carbons (Fsp3) is 0.300. The number of nitrogens with two attached hydrogens (primary N) is 1. The van der Waals surface area contributed by atoms with Crippen LogP contribution in [0.4, 0.5) is 4.79 Å². The molecule has 1 heterocycles. The van der Waals surface area contributed by atoms with Crippen molar-refractivity contribution in [2.24, 2.45) is 5.73 Å². The molecule has 0 amide bonds. The zero-order valence-corrected chi connectivity index (χ0v) is 7.40. The van der Waals surface area contributed by atoms with Crippen LogP contribution >= 0.6 is 0 Å². The quantitative estimate of drug-likeness (QED) is 0.618. The highest BCUT2D eigenvalue weighted by molar-refractivity contribution is 5.68. The van der Waals surface area contributed by atoms with Crippen molar-refractivity contribution in [1.82, 2.24) is 0 Å². The van der Waals surface area contributed by atoms with Gasteiger partial charge in [-0.3, -0.25) is 0 Å². The van der Waals surface area contributed by atoms with Crippen molar-refractivity contribution < 1.29 is 14.3 Å². The summed E-state index contributed by atoms with van der Waals surface area (Å²) >= 11 is 0. The molecule has 4 nitrogen and oxygen atoms in total. The highest BCUT2D eigenvalue weighted by atomic mass is 16.9. The molecule has 1 spiro atoms. The van der Waals surface area contributed by atoms with Crippen LogP contribution in [-0.2, 0) is 21.7 Å². The normalized spacial score (nSPS) is 26.4. The first-order chi connectivity index (χ1) is 6.72. The molecule has 2 N–H and O–H groups in total. The van der Waals surface area contributed by atoms with Gasteiger partial charge in [0.25, 0.3) is 0 Å². The van der Waals surface area contributed by atoms with Crippen molar-refractivity contribution in [3.63, 3.8) is 0 Å². The van der Waals surface area contributed by atoms with Crippen molar-refractivity contribution in [1.29, 1.82) is 0 Å². The Labute approximate surface area is 80.6 Å². The lowest BCUT2D eigenvalue weighted by atomic mass is 10.1. The number of hydrogen-bond acceptors (Lipinski definition) is 4. The van der Waals surface area contributed by atoms with Crippen LogP contribution in [0.3, 0.4) is 0 Å². The van der Waals surface area contributed by atoms with Crippen molar-refractivity contribution in [3.05, 3.63) is 35.4 Å². The molecule has 1 saturated heterocycles. The number of rotatable bonds is 0. The Balaban J connectivity index is 2.11. The van der Waals surface area contributed by atoms with Crippen LogP contribution in [0, 0.1) is 0 Å². The summed E-state index contributed by atoms with van der Waals surface area (Å²) in [6.07, 6.45) is 0.0425. The Bertz CT molecular complexity index is 408. The van der Waals surface area contributed by atoms with Gasteiger partial charge in [0.2, 0.25) is 0 Å². The van der Waals surface area contributed by atoms with Crippen LogP contribution in [0.25, 0.3) is 0 Å². The van der Waals surface area contributed by atoms with Crippen molar-refractivity contribution in [2.75, 3.05) is 0 Å². The van der Waals surface area contributed by atoms with Gasteiger partial charge in [0.05, 0.1) is 6.04 Å². The van der Waals surface area contributed by atoms with Crippen molar-refractivity contribution in [2.45, 2.75) is 18.2 Å². The molecule has 3 rings (SSSR count). The van der Waals surface area contributed by atoms with E-state index < -0.39 is 11.9 Å². The van der Waals surface area contributed by atoms with Gasteiger partial charge in [-0.1, -0.05) is 24.3 Å². The summed E-state index contributed by atoms with van der Waals surface area (Å²) in [7, 11) is 0. The van der Waals surface area contributed by atoms with E-state index in [-0.39, 0.29) is 6.04 Å². The molecule has 1 aromatic carbocycles. The molecular formula is C10H9NO3. The van der Waals surface area contributed by atoms with E-state index in [1.807, 2.05) is 24.3 Å². The fourth-order valence-corrected chi connectivity index (χ4v) is 2.13. The van der Waals surface area contributed by atoms with Gasteiger partial charge >= 0.3 is 11.9 Å². The van der Waals surface area contributed by atoms with E-state index in [0.29, 0.717) is 6.42 Å². The lowest BCUT2D eigenvalue weighted by Gasteiger charge is -2.39. The molecule has 72 valence electrons. The first kappa shape index (κ1) is 7.82. The molecule has 1 fully saturated rings. The molecule has 0 radical (unpaired) electrons. The van der Waals surface area contributed by atoms with Crippen LogP contribution in [0.15, 0.2) is 24.3 Å². The molecule has 1 atom stereocenters. The maximum atomic E-state index is 10.7. The number of carbonyl (C=O) groups excluding carboxylic acids is 1. The van der Waals surface area contributed by atoms with Gasteiger partial charge in [0.1, 0.15) is 0 Å². The summed E-state index contributed by atoms with van der Waals surface area (Å²) < 4.78 is 10.1. The fourth-order valence-electron chi connectivity index (χ4n) is 2.13. The number of hydrogen-bond donors (Lipinski definition) is 1. The molecule has 0 saturated carbocycles. The molecule has 4 heteroatoms. The molecule has 1 unspecified atom stereocenters. The van der Waals surface area contributed by atoms with Crippen LogP contribution in [0.1, 0.15) is 11.1 Å². The lowest BCUT2D eigenvalue weighted by Crippen LogP contribution is -2.56. The van der Waals surface area contributed by atoms with Gasteiger partial charge < -0.3 is 15.2 Å². The topological polar surface area (TPSA) is 61.5 Å². The summed E-state index contributed by atoms with van der Waals surface area (Å²) in [5.41, 5.74) is 7.86. The Kier molecular flexibility index (Phi) is 1.27. The van der Waals surface area contributed by atoms with Crippen LogP contribution in [0.5, 0.6) is 0 Å². The highest BCUT2D eigenvalue weighted by Crippen LogP contribution is 2.45. The second kappa shape index (κ2) is 2.27. The molecule has 0 bridgehead atoms. The zero-order valence-electron chi connectivity index (χ0n) is 7.40. The Hall–Kier alpha value is -1.55. The van der Waals surface area contributed by atoms with E-state index in [2.05, 4.69) is 0 Å². The second-order valence-corrected chi connectivity index (χ2v) is 3.59. The van der Waals surface area contributed by atoms with Crippen LogP contribution in [-0.4, -0.2) is 12.2 Å². The standard InChI is InChI=1S/C10H9NO3/c11-8-5-6-3-1-2-4-7(6)10(8)13-9(12)14-10/h1-4,8H,5,11H2. The SMILES string of the molecule is NC1Cc2ccccc2C12OC(=O)O2. The largest absolute Gasteiger partial charge is 0.515 e. The van der Waals surface area contributed by atoms with Gasteiger partial charge in [-0.05, 0) is 12.0 Å². The number of ether oxygens (including phenoxy) is 2. The highest BCUT2D eigenvalue weighted by Gasteiger charge is 2.59. The summed E-state index contributed by atoms with van der Waals surface area (Å²) in [5.74, 6) is -0.992. The van der Waals surface area contributed by atoms with E-state index in [0.717, 1.165) is 11.1 Å². The summed E-state index contributed by atoms with van der Waals surface area (Å²) in [6, 6.07) is 7.38. The maximum Gasteiger partial charge on any atom is 0.515 e. The lowest BCUT2D eigenvalue weighted by molar-refractivity contribution is -0.286. The van der Waals surface area contributed by atoms with E-state index in [1.54, 1.807) is 0 Å². The monoisotopic (exact) mass is 191 g/mol. The van der Waals surface area contributed by atoms with E-state index in [4.69, 9.17) is 15.2 Å². The van der Waals surface area contributed by atoms with Gasteiger partial charge in [0.15, 0.2) is 0 Å². The zero-order chi connectivity index (χ0) is 9.76. The molecule has 14 heavy (non-hydrogen) atoms. The first-order valence-electron chi connectivity index (χ1n) is 4.48. The third kappa shape index (κ3) is 0.743. The summed E-state index contributed by atoms with van der Waals surface area (Å²) in [5, 5.41) is 0. The minimum atomic E-state index is -0.992. The van der Waals surface area contributed by atoms with Gasteiger partial charge in [-0.25, -0.2) is 4.79 Å². The molecule has 0 aromatic heterocycles. The first-order valence-corrected chi connectivity index (χ1v) is 4.48. The Morgan fingerprint density at radius 2 is 2.07 bits per heavy atom. The van der Waals surface area contributed by atoms with Crippen LogP contribution < -0.4 is 5.73 Å². The minimum absolute atomic E-state index is 0.294. The average molecular weight is 191 g/mol. The molecule has 2 aliphatic rings. The third-order valence-electron chi connectivity index (χ3n) is 2.79. The predicted octanol–water partition coefficient (Wildman–Crippen LogP) is 0.890. The average Bonchev–Trinajstić information content (AvgIpc) is 2.40. The van der Waals surface area contributed by atoms with E-state index >= 15 is 0 Å². The summed E-state index contributed by atoms with van der Waals surface area (Å²) in [4.78, 5) is 10.7. The number of carbonyl (C=O) groups is 1. The van der Waals surface area contributed by atoms with Gasteiger partial charge in [-0.15, -0.1) is 0 Å². The molecular weight excluding hydrogens is 182 g/mol. The van der Waals surface area contributed by atoms with Crippen LogP contribution in [0.2, 0.25) is 0 Å². The Morgan fingerprint density at radius 1 is 1.36 bits per heavy atom. The Morgan fingerprint density at radius 3 is 2.79 bits per heavy atom. The predicted molar refractivity (Wildman–Crippen MR) is 47.4 cm³/mol. The van der Waals surface area contributed by atoms with Crippen molar-refractivity contribution in [3.8, 4) is 0 Å². The molecule has 1 aliphatic heterocycles. The molecule has 1 aliphatic carbocycles. The van der Waals surface area contributed by atoms with Gasteiger partial charge in [-0.2, -0.15) is 0 Å². The minimum Gasteiger partial charge on any atom is -0.384 e. The smallest absolute Gasteiger partial charge is 0.384 e. The van der Waals surface area contributed by atoms with E-state index in [1.165, 1.54) is 0 Å². The summed E-state index contributed by atoms with van der Waals surface area (Å²) in [6.45, 7) is 0. The van der Waals surface area contributed by atoms with Gasteiger partial charge in [0, 0.05) is 5.56 Å².